The van der Waals surface area contributed by atoms with Crippen molar-refractivity contribution in [3.8, 4) is 0 Å². The van der Waals surface area contributed by atoms with Crippen LogP contribution in [0.3, 0.4) is 0 Å². The third-order valence-electron chi connectivity index (χ3n) is 2.87. The Kier molecular flexibility index (Phi) is 3.09. The number of fused-ring (bicyclic) bond motifs is 1. The Labute approximate surface area is 97.0 Å². The van der Waals surface area contributed by atoms with Gasteiger partial charge in [0.05, 0.1) is 24.4 Å². The topological polar surface area (TPSA) is 34.1 Å². The molecular formula is C11H13F3N2O. The van der Waals surface area contributed by atoms with Gasteiger partial charge in [0.25, 0.3) is 0 Å². The highest BCUT2D eigenvalue weighted by Crippen LogP contribution is 2.34. The minimum Gasteiger partial charge on any atom is -0.370 e. The zero-order chi connectivity index (χ0) is 12.6. The van der Waals surface area contributed by atoms with E-state index in [2.05, 4.69) is 10.3 Å². The van der Waals surface area contributed by atoms with Gasteiger partial charge in [0.2, 0.25) is 0 Å². The molecule has 94 valence electrons. The molecule has 3 nitrogen and oxygen atoms in total. The third kappa shape index (κ3) is 2.28. The SMILES string of the molecule is CN[C@@H]1CO[C@H](C)c2nc(C(F)(F)F)ccc21. The monoisotopic (exact) mass is 246 g/mol. The maximum atomic E-state index is 12.5. The van der Waals surface area contributed by atoms with E-state index in [0.29, 0.717) is 12.3 Å². The molecule has 1 aromatic rings. The number of hydrogen-bond acceptors (Lipinski definition) is 3. The summed E-state index contributed by atoms with van der Waals surface area (Å²) in [4.78, 5) is 3.67. The molecule has 0 aliphatic carbocycles. The zero-order valence-electron chi connectivity index (χ0n) is 9.51. The van der Waals surface area contributed by atoms with Crippen LogP contribution < -0.4 is 5.32 Å². The van der Waals surface area contributed by atoms with E-state index in [1.54, 1.807) is 14.0 Å². The number of nitrogens with zero attached hydrogens (tertiary/aromatic N) is 1. The van der Waals surface area contributed by atoms with Gasteiger partial charge in [-0.3, -0.25) is 0 Å². The van der Waals surface area contributed by atoms with Crippen LogP contribution in [0.4, 0.5) is 13.2 Å². The molecule has 17 heavy (non-hydrogen) atoms. The molecule has 0 saturated heterocycles. The molecule has 2 atom stereocenters. The normalized spacial score (nSPS) is 24.5. The number of rotatable bonds is 1. The number of likely N-dealkylation sites (N-methyl/N-ethyl adjacent to an activating group) is 1. The third-order valence-corrected chi connectivity index (χ3v) is 2.87. The zero-order valence-corrected chi connectivity index (χ0v) is 9.51. The Hall–Kier alpha value is -1.14. The van der Waals surface area contributed by atoms with E-state index in [9.17, 15) is 13.2 Å². The lowest BCUT2D eigenvalue weighted by Crippen LogP contribution is -2.30. The molecule has 0 amide bonds. The number of aromatic nitrogens is 1. The van der Waals surface area contributed by atoms with Gasteiger partial charge in [0.15, 0.2) is 0 Å². The lowest BCUT2D eigenvalue weighted by Gasteiger charge is -2.29. The second-order valence-corrected chi connectivity index (χ2v) is 3.99. The summed E-state index contributed by atoms with van der Waals surface area (Å²) in [7, 11) is 1.74. The van der Waals surface area contributed by atoms with Crippen molar-refractivity contribution in [3.63, 3.8) is 0 Å². The van der Waals surface area contributed by atoms with Gasteiger partial charge in [-0.25, -0.2) is 4.98 Å². The first-order valence-electron chi connectivity index (χ1n) is 5.30. The summed E-state index contributed by atoms with van der Waals surface area (Å²) in [6.45, 7) is 2.15. The van der Waals surface area contributed by atoms with Crippen LogP contribution in [0.1, 0.15) is 36.0 Å². The van der Waals surface area contributed by atoms with Crippen molar-refractivity contribution < 1.29 is 17.9 Å². The van der Waals surface area contributed by atoms with Crippen LogP contribution in [0, 0.1) is 0 Å². The highest BCUT2D eigenvalue weighted by molar-refractivity contribution is 5.30. The van der Waals surface area contributed by atoms with Gasteiger partial charge >= 0.3 is 6.18 Å². The van der Waals surface area contributed by atoms with Crippen molar-refractivity contribution in [1.29, 1.82) is 0 Å². The number of hydrogen-bond donors (Lipinski definition) is 1. The van der Waals surface area contributed by atoms with Crippen molar-refractivity contribution >= 4 is 0 Å². The molecule has 1 N–H and O–H groups in total. The molecule has 1 aliphatic heterocycles. The quantitative estimate of drug-likeness (QED) is 0.826. The first-order valence-corrected chi connectivity index (χ1v) is 5.30. The first kappa shape index (κ1) is 12.3. The number of pyridine rings is 1. The van der Waals surface area contributed by atoms with Crippen molar-refractivity contribution in [2.75, 3.05) is 13.7 Å². The Bertz CT molecular complexity index is 420. The standard InChI is InChI=1S/C11H13F3N2O/c1-6-10-7(8(15-2)5-17-6)3-4-9(16-10)11(12,13)14/h3-4,6,8,15H,5H2,1-2H3/t6-,8-/m1/s1. The minimum atomic E-state index is -4.42. The van der Waals surface area contributed by atoms with Crippen LogP contribution in [0.5, 0.6) is 0 Å². The lowest BCUT2D eigenvalue weighted by atomic mass is 9.99. The molecule has 2 heterocycles. The Morgan fingerprint density at radius 3 is 2.71 bits per heavy atom. The molecular weight excluding hydrogens is 233 g/mol. The molecule has 0 spiro atoms. The fraction of sp³-hybridized carbons (Fsp3) is 0.545. The van der Waals surface area contributed by atoms with Crippen LogP contribution in [0.15, 0.2) is 12.1 Å². The van der Waals surface area contributed by atoms with Gasteiger partial charge in [-0.1, -0.05) is 6.07 Å². The molecule has 1 aromatic heterocycles. The molecule has 0 bridgehead atoms. The van der Waals surface area contributed by atoms with Crippen molar-refractivity contribution in [2.45, 2.75) is 25.2 Å². The van der Waals surface area contributed by atoms with Crippen LogP contribution >= 0.6 is 0 Å². The van der Waals surface area contributed by atoms with E-state index in [1.807, 2.05) is 0 Å². The molecule has 0 radical (unpaired) electrons. The van der Waals surface area contributed by atoms with Gasteiger partial charge in [-0.05, 0) is 25.6 Å². The van der Waals surface area contributed by atoms with Gasteiger partial charge in [-0.2, -0.15) is 13.2 Å². The lowest BCUT2D eigenvalue weighted by molar-refractivity contribution is -0.141. The van der Waals surface area contributed by atoms with Gasteiger partial charge in [0.1, 0.15) is 5.69 Å². The fourth-order valence-electron chi connectivity index (χ4n) is 1.91. The van der Waals surface area contributed by atoms with Crippen LogP contribution in [-0.2, 0) is 10.9 Å². The highest BCUT2D eigenvalue weighted by atomic mass is 19.4. The van der Waals surface area contributed by atoms with E-state index in [0.717, 1.165) is 11.6 Å². The van der Waals surface area contributed by atoms with E-state index < -0.39 is 18.0 Å². The molecule has 2 rings (SSSR count). The maximum absolute atomic E-state index is 12.5. The second-order valence-electron chi connectivity index (χ2n) is 3.99. The number of nitrogens with one attached hydrogen (secondary N) is 1. The van der Waals surface area contributed by atoms with Gasteiger partial charge < -0.3 is 10.1 Å². The Balaban J connectivity index is 2.46. The first-order chi connectivity index (χ1) is 7.93. The van der Waals surface area contributed by atoms with Crippen LogP contribution in [0.25, 0.3) is 0 Å². The van der Waals surface area contributed by atoms with E-state index in [4.69, 9.17) is 4.74 Å². The number of alkyl halides is 3. The average Bonchev–Trinajstić information content (AvgIpc) is 2.28. The van der Waals surface area contributed by atoms with Gasteiger partial charge in [-0.15, -0.1) is 0 Å². The van der Waals surface area contributed by atoms with Crippen molar-refractivity contribution in [1.82, 2.24) is 10.3 Å². The molecule has 1 aliphatic rings. The highest BCUT2D eigenvalue weighted by Gasteiger charge is 2.35. The second kappa shape index (κ2) is 4.27. The predicted octanol–water partition coefficient (Wildman–Crippen LogP) is 2.45. The molecule has 0 aromatic carbocycles. The van der Waals surface area contributed by atoms with Crippen LogP contribution in [0.2, 0.25) is 0 Å². The summed E-state index contributed by atoms with van der Waals surface area (Å²) in [6, 6.07) is 2.39. The smallest absolute Gasteiger partial charge is 0.370 e. The summed E-state index contributed by atoms with van der Waals surface area (Å²) < 4.78 is 43.0. The maximum Gasteiger partial charge on any atom is 0.433 e. The summed E-state index contributed by atoms with van der Waals surface area (Å²) in [6.07, 6.45) is -4.82. The largest absolute Gasteiger partial charge is 0.433 e. The average molecular weight is 246 g/mol. The molecule has 0 unspecified atom stereocenters. The molecule has 0 fully saturated rings. The van der Waals surface area contributed by atoms with E-state index in [1.165, 1.54) is 6.07 Å². The predicted molar refractivity (Wildman–Crippen MR) is 55.4 cm³/mol. The van der Waals surface area contributed by atoms with Crippen LogP contribution in [-0.4, -0.2) is 18.6 Å². The minimum absolute atomic E-state index is 0.101. The number of halogens is 3. The van der Waals surface area contributed by atoms with Crippen molar-refractivity contribution in [2.24, 2.45) is 0 Å². The van der Waals surface area contributed by atoms with E-state index in [-0.39, 0.29) is 6.04 Å². The Morgan fingerprint density at radius 2 is 2.12 bits per heavy atom. The van der Waals surface area contributed by atoms with Crippen molar-refractivity contribution in [3.05, 3.63) is 29.1 Å². The Morgan fingerprint density at radius 1 is 1.41 bits per heavy atom. The summed E-state index contributed by atoms with van der Waals surface area (Å²) in [5.41, 5.74) is 0.271. The summed E-state index contributed by atoms with van der Waals surface area (Å²) in [5, 5.41) is 2.99. The summed E-state index contributed by atoms with van der Waals surface area (Å²) in [5.74, 6) is 0. The fourth-order valence-corrected chi connectivity index (χ4v) is 1.91. The number of ether oxygens (including phenoxy) is 1. The van der Waals surface area contributed by atoms with E-state index >= 15 is 0 Å². The molecule has 0 saturated carbocycles. The summed E-state index contributed by atoms with van der Waals surface area (Å²) >= 11 is 0. The molecule has 6 heteroatoms. The van der Waals surface area contributed by atoms with Gasteiger partial charge in [0, 0.05) is 0 Å².